The maximum atomic E-state index is 12.6. The molecule has 0 spiro atoms. The zero-order valence-electron chi connectivity index (χ0n) is 12.5. The van der Waals surface area contributed by atoms with E-state index < -0.39 is 11.9 Å². The molecule has 1 unspecified atom stereocenters. The first kappa shape index (κ1) is 16.6. The molecule has 2 aromatic rings. The Bertz CT molecular complexity index is 810. The van der Waals surface area contributed by atoms with Gasteiger partial charge in [0.25, 0.3) is 5.91 Å². The minimum atomic E-state index is -0.709. The number of nitrogens with two attached hydrogens (primary N) is 1. The van der Waals surface area contributed by atoms with Gasteiger partial charge in [0.05, 0.1) is 5.02 Å². The molecule has 1 heterocycles. The SMILES string of the molecule is NC(=O)C1Cc2ccccc2N1C(=O)COc1ccc(Cl)cc1Cl. The largest absolute Gasteiger partial charge is 0.482 e. The minimum absolute atomic E-state index is 0.264. The van der Waals surface area contributed by atoms with Crippen LogP contribution in [-0.2, 0) is 16.0 Å². The fraction of sp³-hybridized carbons (Fsp3) is 0.176. The van der Waals surface area contributed by atoms with E-state index in [0.29, 0.717) is 27.9 Å². The third-order valence-corrected chi connectivity index (χ3v) is 4.35. The number of carbonyl (C=O) groups is 2. The van der Waals surface area contributed by atoms with Crippen molar-refractivity contribution in [2.24, 2.45) is 5.73 Å². The zero-order valence-corrected chi connectivity index (χ0v) is 14.1. The van der Waals surface area contributed by atoms with Gasteiger partial charge >= 0.3 is 0 Å². The molecule has 1 aliphatic rings. The van der Waals surface area contributed by atoms with Crippen LogP contribution in [0, 0.1) is 0 Å². The van der Waals surface area contributed by atoms with Crippen molar-refractivity contribution < 1.29 is 14.3 Å². The summed E-state index contributed by atoms with van der Waals surface area (Å²) in [7, 11) is 0. The van der Waals surface area contributed by atoms with Crippen molar-refractivity contribution in [2.75, 3.05) is 11.5 Å². The van der Waals surface area contributed by atoms with Crippen molar-refractivity contribution in [3.63, 3.8) is 0 Å². The molecule has 2 aromatic carbocycles. The lowest BCUT2D eigenvalue weighted by Gasteiger charge is -2.23. The molecule has 1 atom stereocenters. The lowest BCUT2D eigenvalue weighted by Crippen LogP contribution is -2.47. The number of anilines is 1. The summed E-state index contributed by atoms with van der Waals surface area (Å²) in [5.74, 6) is -0.573. The molecule has 24 heavy (non-hydrogen) atoms. The second kappa shape index (κ2) is 6.71. The van der Waals surface area contributed by atoms with Crippen molar-refractivity contribution in [3.05, 3.63) is 58.1 Å². The summed E-state index contributed by atoms with van der Waals surface area (Å²) in [4.78, 5) is 25.7. The molecule has 0 saturated carbocycles. The number of fused-ring (bicyclic) bond motifs is 1. The predicted molar refractivity (Wildman–Crippen MR) is 92.6 cm³/mol. The number of carbonyl (C=O) groups excluding carboxylic acids is 2. The second-order valence-corrected chi connectivity index (χ2v) is 6.22. The number of nitrogens with zero attached hydrogens (tertiary/aromatic N) is 1. The standard InChI is InChI=1S/C17H14Cl2N2O3/c18-11-5-6-15(12(19)8-11)24-9-16(22)21-13-4-2-1-3-10(13)7-14(21)17(20)23/h1-6,8,14H,7,9H2,(H2,20,23). The third-order valence-electron chi connectivity index (χ3n) is 3.82. The molecular weight excluding hydrogens is 351 g/mol. The summed E-state index contributed by atoms with van der Waals surface area (Å²) in [6.45, 7) is -0.264. The molecule has 124 valence electrons. The molecule has 3 rings (SSSR count). The topological polar surface area (TPSA) is 72.6 Å². The van der Waals surface area contributed by atoms with Gasteiger partial charge in [0.1, 0.15) is 11.8 Å². The third kappa shape index (κ3) is 3.18. The molecule has 0 bridgehead atoms. The molecule has 7 heteroatoms. The normalized spacial score (nSPS) is 15.9. The number of hydrogen-bond acceptors (Lipinski definition) is 3. The first-order valence-corrected chi connectivity index (χ1v) is 8.00. The van der Waals surface area contributed by atoms with E-state index in [0.717, 1.165) is 5.56 Å². The predicted octanol–water partition coefficient (Wildman–Crippen LogP) is 2.82. The number of rotatable bonds is 4. The Hall–Kier alpha value is -2.24. The average molecular weight is 365 g/mol. The fourth-order valence-corrected chi connectivity index (χ4v) is 3.19. The summed E-state index contributed by atoms with van der Waals surface area (Å²) in [5.41, 5.74) is 7.02. The Kier molecular flexibility index (Phi) is 4.64. The Morgan fingerprint density at radius 2 is 1.96 bits per heavy atom. The van der Waals surface area contributed by atoms with Gasteiger partial charge in [0, 0.05) is 17.1 Å². The van der Waals surface area contributed by atoms with E-state index in [4.69, 9.17) is 33.7 Å². The van der Waals surface area contributed by atoms with E-state index in [1.165, 1.54) is 11.0 Å². The summed E-state index contributed by atoms with van der Waals surface area (Å²) in [6, 6.07) is 11.3. The summed E-state index contributed by atoms with van der Waals surface area (Å²) >= 11 is 11.9. The highest BCUT2D eigenvalue weighted by Gasteiger charge is 2.37. The highest BCUT2D eigenvalue weighted by molar-refractivity contribution is 6.35. The van der Waals surface area contributed by atoms with Gasteiger partial charge in [-0.1, -0.05) is 41.4 Å². The number of para-hydroxylation sites is 1. The van der Waals surface area contributed by atoms with Crippen LogP contribution in [0.2, 0.25) is 10.0 Å². The summed E-state index contributed by atoms with van der Waals surface area (Å²) in [5, 5.41) is 0.782. The number of amides is 2. The first-order chi connectivity index (χ1) is 11.5. The van der Waals surface area contributed by atoms with Gasteiger partial charge in [0.2, 0.25) is 5.91 Å². The van der Waals surface area contributed by atoms with Crippen LogP contribution < -0.4 is 15.4 Å². The maximum Gasteiger partial charge on any atom is 0.265 e. The van der Waals surface area contributed by atoms with E-state index in [-0.39, 0.29) is 12.5 Å². The molecule has 2 amide bonds. The van der Waals surface area contributed by atoms with Crippen molar-refractivity contribution in [1.29, 1.82) is 0 Å². The second-order valence-electron chi connectivity index (χ2n) is 5.38. The molecular formula is C17H14Cl2N2O3. The van der Waals surface area contributed by atoms with E-state index in [1.54, 1.807) is 24.3 Å². The number of halogens is 2. The molecule has 0 aromatic heterocycles. The Labute approximate surface area is 148 Å². The summed E-state index contributed by atoms with van der Waals surface area (Å²) < 4.78 is 5.48. The minimum Gasteiger partial charge on any atom is -0.482 e. The Morgan fingerprint density at radius 3 is 2.67 bits per heavy atom. The van der Waals surface area contributed by atoms with Gasteiger partial charge in [-0.3, -0.25) is 14.5 Å². The fourth-order valence-electron chi connectivity index (χ4n) is 2.72. The quantitative estimate of drug-likeness (QED) is 0.906. The van der Waals surface area contributed by atoms with E-state index in [1.807, 2.05) is 12.1 Å². The zero-order chi connectivity index (χ0) is 17.3. The van der Waals surface area contributed by atoms with Crippen molar-refractivity contribution in [2.45, 2.75) is 12.5 Å². The van der Waals surface area contributed by atoms with E-state index >= 15 is 0 Å². The molecule has 2 N–H and O–H groups in total. The van der Waals surface area contributed by atoms with Crippen LogP contribution in [0.15, 0.2) is 42.5 Å². The van der Waals surface area contributed by atoms with Crippen molar-refractivity contribution in [1.82, 2.24) is 0 Å². The number of ether oxygens (including phenoxy) is 1. The van der Waals surface area contributed by atoms with Crippen LogP contribution in [0.4, 0.5) is 5.69 Å². The smallest absolute Gasteiger partial charge is 0.265 e. The van der Waals surface area contributed by atoms with Crippen molar-refractivity contribution >= 4 is 40.7 Å². The van der Waals surface area contributed by atoms with Gasteiger partial charge in [-0.15, -0.1) is 0 Å². The maximum absolute atomic E-state index is 12.6. The number of benzene rings is 2. The monoisotopic (exact) mass is 364 g/mol. The Balaban J connectivity index is 1.79. The van der Waals surface area contributed by atoms with Crippen LogP contribution >= 0.6 is 23.2 Å². The highest BCUT2D eigenvalue weighted by atomic mass is 35.5. The van der Waals surface area contributed by atoms with Gasteiger partial charge in [-0.2, -0.15) is 0 Å². The lowest BCUT2D eigenvalue weighted by atomic mass is 10.1. The molecule has 0 saturated heterocycles. The number of hydrogen-bond donors (Lipinski definition) is 1. The van der Waals surface area contributed by atoms with Gasteiger partial charge in [0.15, 0.2) is 6.61 Å². The molecule has 0 fully saturated rings. The van der Waals surface area contributed by atoms with Crippen LogP contribution in [0.3, 0.4) is 0 Å². The molecule has 0 radical (unpaired) electrons. The molecule has 1 aliphatic heterocycles. The lowest BCUT2D eigenvalue weighted by molar-refractivity contribution is -0.125. The van der Waals surface area contributed by atoms with Gasteiger partial charge < -0.3 is 10.5 Å². The Morgan fingerprint density at radius 1 is 1.21 bits per heavy atom. The molecule has 5 nitrogen and oxygen atoms in total. The van der Waals surface area contributed by atoms with Gasteiger partial charge in [-0.25, -0.2) is 0 Å². The highest BCUT2D eigenvalue weighted by Crippen LogP contribution is 2.32. The first-order valence-electron chi connectivity index (χ1n) is 7.24. The summed E-state index contributed by atoms with van der Waals surface area (Å²) in [6.07, 6.45) is 0.402. The average Bonchev–Trinajstić information content (AvgIpc) is 2.93. The van der Waals surface area contributed by atoms with Gasteiger partial charge in [-0.05, 0) is 29.8 Å². The van der Waals surface area contributed by atoms with Crippen LogP contribution in [0.5, 0.6) is 5.75 Å². The van der Waals surface area contributed by atoms with E-state index in [9.17, 15) is 9.59 Å². The van der Waals surface area contributed by atoms with Crippen LogP contribution in [0.1, 0.15) is 5.56 Å². The van der Waals surface area contributed by atoms with Crippen LogP contribution in [-0.4, -0.2) is 24.5 Å². The van der Waals surface area contributed by atoms with Crippen molar-refractivity contribution in [3.8, 4) is 5.75 Å². The number of primary amides is 1. The van der Waals surface area contributed by atoms with Crippen LogP contribution in [0.25, 0.3) is 0 Å². The van der Waals surface area contributed by atoms with E-state index in [2.05, 4.69) is 0 Å². The molecule has 0 aliphatic carbocycles.